The maximum atomic E-state index is 12.2. The number of sulfonamides is 1. The molecule has 112 valence electrons. The average molecular weight is 323 g/mol. The van der Waals surface area contributed by atoms with E-state index in [2.05, 4.69) is 15.0 Å². The van der Waals surface area contributed by atoms with E-state index in [0.717, 1.165) is 17.0 Å². The maximum Gasteiger partial charge on any atom is 0.240 e. The maximum absolute atomic E-state index is 12.2. The summed E-state index contributed by atoms with van der Waals surface area (Å²) in [5.74, 6) is 0. The van der Waals surface area contributed by atoms with Gasteiger partial charge in [0.1, 0.15) is 0 Å². The van der Waals surface area contributed by atoms with Gasteiger partial charge < -0.3 is 5.32 Å². The lowest BCUT2D eigenvalue weighted by atomic mass is 10.2. The highest BCUT2D eigenvalue weighted by atomic mass is 32.2. The molecule has 2 aromatic rings. The fraction of sp³-hybridized carbons (Fsp3) is 0.357. The Labute approximate surface area is 128 Å². The second-order valence-corrected chi connectivity index (χ2v) is 7.83. The van der Waals surface area contributed by atoms with Crippen LogP contribution in [-0.4, -0.2) is 19.4 Å². The van der Waals surface area contributed by atoms with Crippen LogP contribution in [0.4, 0.5) is 0 Å². The predicted molar refractivity (Wildman–Crippen MR) is 82.4 cm³/mol. The van der Waals surface area contributed by atoms with Crippen LogP contribution in [0.2, 0.25) is 0 Å². The largest absolute Gasteiger partial charge is 0.310 e. The summed E-state index contributed by atoms with van der Waals surface area (Å²) in [5.41, 5.74) is 2.79. The predicted octanol–water partition coefficient (Wildman–Crippen LogP) is 1.87. The van der Waals surface area contributed by atoms with Gasteiger partial charge in [0.25, 0.3) is 0 Å². The molecule has 3 rings (SSSR count). The molecule has 0 radical (unpaired) electrons. The number of hydrogen-bond donors (Lipinski definition) is 2. The van der Waals surface area contributed by atoms with Crippen molar-refractivity contribution < 1.29 is 8.42 Å². The van der Waals surface area contributed by atoms with Crippen LogP contribution in [0.1, 0.15) is 23.3 Å². The van der Waals surface area contributed by atoms with Crippen molar-refractivity contribution in [1.29, 1.82) is 0 Å². The van der Waals surface area contributed by atoms with E-state index < -0.39 is 10.0 Å². The van der Waals surface area contributed by atoms with Gasteiger partial charge in [0.2, 0.25) is 10.0 Å². The summed E-state index contributed by atoms with van der Waals surface area (Å²) in [4.78, 5) is 5.11. The number of nitrogens with zero attached hydrogens (tertiary/aromatic N) is 1. The number of nitrogens with one attached hydrogen (secondary N) is 2. The van der Waals surface area contributed by atoms with Gasteiger partial charge in [0.15, 0.2) is 0 Å². The lowest BCUT2D eigenvalue weighted by molar-refractivity contribution is 0.581. The monoisotopic (exact) mass is 323 g/mol. The molecule has 0 atom stereocenters. The van der Waals surface area contributed by atoms with Crippen molar-refractivity contribution in [3.8, 4) is 0 Å². The Hall–Kier alpha value is -1.28. The summed E-state index contributed by atoms with van der Waals surface area (Å²) in [7, 11) is -3.46. The molecule has 7 heteroatoms. The first kappa shape index (κ1) is 14.6. The summed E-state index contributed by atoms with van der Waals surface area (Å²) >= 11 is 1.43. The van der Waals surface area contributed by atoms with Crippen molar-refractivity contribution in [2.24, 2.45) is 0 Å². The summed E-state index contributed by atoms with van der Waals surface area (Å²) in [6, 6.07) is 7.67. The van der Waals surface area contributed by atoms with E-state index in [1.54, 1.807) is 23.8 Å². The van der Waals surface area contributed by atoms with Gasteiger partial charge >= 0.3 is 0 Å². The molecule has 1 heterocycles. The molecule has 0 amide bonds. The molecule has 21 heavy (non-hydrogen) atoms. The molecule has 1 saturated carbocycles. The summed E-state index contributed by atoms with van der Waals surface area (Å²) < 4.78 is 26.9. The van der Waals surface area contributed by atoms with Gasteiger partial charge in [-0.25, -0.2) is 13.1 Å². The summed E-state index contributed by atoms with van der Waals surface area (Å²) in [5, 5.41) is 3.40. The quantitative estimate of drug-likeness (QED) is 0.816. The van der Waals surface area contributed by atoms with Gasteiger partial charge in [-0.1, -0.05) is 12.1 Å². The Kier molecular flexibility index (Phi) is 4.34. The average Bonchev–Trinajstić information content (AvgIpc) is 3.17. The molecule has 2 N–H and O–H groups in total. The zero-order chi connectivity index (χ0) is 14.7. The molecule has 0 saturated heterocycles. The first-order valence-corrected chi connectivity index (χ1v) is 9.19. The first-order chi connectivity index (χ1) is 10.1. The van der Waals surface area contributed by atoms with Gasteiger partial charge in [-0.15, -0.1) is 11.3 Å². The van der Waals surface area contributed by atoms with Crippen molar-refractivity contribution in [3.05, 3.63) is 46.4 Å². The molecular weight excluding hydrogens is 306 g/mol. The molecule has 5 nitrogen and oxygen atoms in total. The van der Waals surface area contributed by atoms with E-state index in [-0.39, 0.29) is 6.54 Å². The Bertz CT molecular complexity index is 678. The number of benzene rings is 1. The standard InChI is InChI=1S/C14H17N3O2S2/c18-21(19,17-9-13-8-15-10-20-13)14-5-1-11(2-6-14)7-16-12-3-4-12/h1-2,5-6,8,10,12,16-17H,3-4,7,9H2. The number of aromatic nitrogens is 1. The SMILES string of the molecule is O=S(=O)(NCc1cncs1)c1ccc(CNC2CC2)cc1. The zero-order valence-corrected chi connectivity index (χ0v) is 13.1. The molecule has 0 bridgehead atoms. The minimum Gasteiger partial charge on any atom is -0.310 e. The molecule has 1 aliphatic rings. The summed E-state index contributed by atoms with van der Waals surface area (Å²) in [6.07, 6.45) is 4.15. The van der Waals surface area contributed by atoms with Gasteiger partial charge in [-0.3, -0.25) is 4.98 Å². The molecular formula is C14H17N3O2S2. The van der Waals surface area contributed by atoms with Crippen LogP contribution in [-0.2, 0) is 23.1 Å². The van der Waals surface area contributed by atoms with Crippen molar-refractivity contribution >= 4 is 21.4 Å². The highest BCUT2D eigenvalue weighted by molar-refractivity contribution is 7.89. The van der Waals surface area contributed by atoms with E-state index in [1.807, 2.05) is 12.1 Å². The zero-order valence-electron chi connectivity index (χ0n) is 11.5. The number of thiazole rings is 1. The van der Waals surface area contributed by atoms with Crippen LogP contribution in [0.25, 0.3) is 0 Å². The van der Waals surface area contributed by atoms with E-state index in [9.17, 15) is 8.42 Å². The molecule has 1 fully saturated rings. The van der Waals surface area contributed by atoms with Crippen molar-refractivity contribution in [1.82, 2.24) is 15.0 Å². The highest BCUT2D eigenvalue weighted by Crippen LogP contribution is 2.19. The highest BCUT2D eigenvalue weighted by Gasteiger charge is 2.20. The Morgan fingerprint density at radius 3 is 2.57 bits per heavy atom. The van der Waals surface area contributed by atoms with Crippen molar-refractivity contribution in [3.63, 3.8) is 0 Å². The van der Waals surface area contributed by atoms with Crippen LogP contribution in [0, 0.1) is 0 Å². The second kappa shape index (κ2) is 6.23. The van der Waals surface area contributed by atoms with E-state index in [4.69, 9.17) is 0 Å². The smallest absolute Gasteiger partial charge is 0.240 e. The van der Waals surface area contributed by atoms with Crippen LogP contribution in [0.5, 0.6) is 0 Å². The third-order valence-corrected chi connectivity index (χ3v) is 5.52. The molecule has 0 spiro atoms. The lowest BCUT2D eigenvalue weighted by Crippen LogP contribution is -2.23. The number of hydrogen-bond acceptors (Lipinski definition) is 5. The minimum atomic E-state index is -3.46. The fourth-order valence-corrected chi connectivity index (χ4v) is 3.55. The van der Waals surface area contributed by atoms with Crippen LogP contribution >= 0.6 is 11.3 Å². The Morgan fingerprint density at radius 1 is 1.19 bits per heavy atom. The van der Waals surface area contributed by atoms with Crippen LogP contribution < -0.4 is 10.0 Å². The van der Waals surface area contributed by atoms with Crippen LogP contribution in [0.15, 0.2) is 40.9 Å². The topological polar surface area (TPSA) is 71.1 Å². The molecule has 1 aromatic heterocycles. The fourth-order valence-electron chi connectivity index (χ4n) is 1.92. The van der Waals surface area contributed by atoms with E-state index >= 15 is 0 Å². The van der Waals surface area contributed by atoms with Crippen LogP contribution in [0.3, 0.4) is 0 Å². The van der Waals surface area contributed by atoms with Crippen molar-refractivity contribution in [2.45, 2.75) is 36.9 Å². The Balaban J connectivity index is 1.61. The van der Waals surface area contributed by atoms with E-state index in [0.29, 0.717) is 10.9 Å². The van der Waals surface area contributed by atoms with Gasteiger partial charge in [0, 0.05) is 30.2 Å². The Morgan fingerprint density at radius 2 is 1.95 bits per heavy atom. The molecule has 1 aliphatic carbocycles. The molecule has 1 aromatic carbocycles. The van der Waals surface area contributed by atoms with Crippen molar-refractivity contribution in [2.75, 3.05) is 0 Å². The molecule has 0 unspecified atom stereocenters. The minimum absolute atomic E-state index is 0.276. The second-order valence-electron chi connectivity index (χ2n) is 5.09. The number of rotatable bonds is 7. The van der Waals surface area contributed by atoms with E-state index in [1.165, 1.54) is 24.2 Å². The third-order valence-electron chi connectivity index (χ3n) is 3.33. The first-order valence-electron chi connectivity index (χ1n) is 6.83. The summed E-state index contributed by atoms with van der Waals surface area (Å²) in [6.45, 7) is 1.07. The van der Waals surface area contributed by atoms with Gasteiger partial charge in [0.05, 0.1) is 10.4 Å². The van der Waals surface area contributed by atoms with Gasteiger partial charge in [-0.2, -0.15) is 0 Å². The third kappa shape index (κ3) is 4.10. The van der Waals surface area contributed by atoms with Gasteiger partial charge in [-0.05, 0) is 30.5 Å². The molecule has 0 aliphatic heterocycles. The normalized spacial score (nSPS) is 15.2. The lowest BCUT2D eigenvalue weighted by Gasteiger charge is -2.07.